The molecule has 0 saturated heterocycles. The third-order valence-corrected chi connectivity index (χ3v) is 1.92. The summed E-state index contributed by atoms with van der Waals surface area (Å²) in [6.45, 7) is 2.49. The normalized spacial score (nSPS) is 11.6. The lowest BCUT2D eigenvalue weighted by molar-refractivity contribution is -0.213. The van der Waals surface area contributed by atoms with Gasteiger partial charge in [0.25, 0.3) is 0 Å². The van der Waals surface area contributed by atoms with Crippen LogP contribution in [-0.2, 0) is 11.0 Å². The number of alkyl halides is 3. The maximum atomic E-state index is 12.4. The summed E-state index contributed by atoms with van der Waals surface area (Å²) < 4.78 is 41.3. The standard InChI is InChI=1S/C8H9F3N2O2/c1-4-6(7(14)15-3)5(2)13(12-4)8(9,10)11/h1-3H3. The molecular formula is C8H9F3N2O2. The first-order valence-electron chi connectivity index (χ1n) is 4.00. The highest BCUT2D eigenvalue weighted by molar-refractivity contribution is 5.91. The number of carbonyl (C=O) groups is 1. The third kappa shape index (κ3) is 1.95. The number of rotatable bonds is 1. The summed E-state index contributed by atoms with van der Waals surface area (Å²) in [7, 11) is 1.10. The summed E-state index contributed by atoms with van der Waals surface area (Å²) in [5, 5.41) is 3.24. The molecule has 0 aliphatic rings. The van der Waals surface area contributed by atoms with E-state index >= 15 is 0 Å². The summed E-state index contributed by atoms with van der Waals surface area (Å²) in [5.74, 6) is -0.819. The van der Waals surface area contributed by atoms with Crippen molar-refractivity contribution >= 4 is 5.97 Å². The van der Waals surface area contributed by atoms with Crippen molar-refractivity contribution in [1.29, 1.82) is 0 Å². The molecule has 1 rings (SSSR count). The SMILES string of the molecule is COC(=O)c1c(C)nn(C(F)(F)F)c1C. The van der Waals surface area contributed by atoms with E-state index in [1.54, 1.807) is 0 Å². The summed E-state index contributed by atoms with van der Waals surface area (Å²) in [4.78, 5) is 11.2. The molecule has 0 N–H and O–H groups in total. The van der Waals surface area contributed by atoms with Crippen LogP contribution in [0.25, 0.3) is 0 Å². The van der Waals surface area contributed by atoms with E-state index in [2.05, 4.69) is 9.84 Å². The quantitative estimate of drug-likeness (QED) is 0.680. The van der Waals surface area contributed by atoms with E-state index in [1.165, 1.54) is 13.8 Å². The van der Waals surface area contributed by atoms with Crippen molar-refractivity contribution in [1.82, 2.24) is 9.78 Å². The average molecular weight is 222 g/mol. The van der Waals surface area contributed by atoms with Gasteiger partial charge >= 0.3 is 12.3 Å². The Hall–Kier alpha value is -1.53. The van der Waals surface area contributed by atoms with Crippen LogP contribution in [0.4, 0.5) is 13.2 Å². The van der Waals surface area contributed by atoms with Crippen molar-refractivity contribution in [2.24, 2.45) is 0 Å². The molecule has 0 bridgehead atoms. The fourth-order valence-corrected chi connectivity index (χ4v) is 1.29. The van der Waals surface area contributed by atoms with Crippen LogP contribution in [-0.4, -0.2) is 22.9 Å². The zero-order valence-electron chi connectivity index (χ0n) is 8.34. The molecular weight excluding hydrogens is 213 g/mol. The minimum Gasteiger partial charge on any atom is -0.465 e. The van der Waals surface area contributed by atoms with E-state index in [4.69, 9.17) is 0 Å². The predicted molar refractivity (Wildman–Crippen MR) is 44.3 cm³/mol. The molecule has 0 atom stereocenters. The highest BCUT2D eigenvalue weighted by Gasteiger charge is 2.36. The molecule has 0 spiro atoms. The molecule has 15 heavy (non-hydrogen) atoms. The van der Waals surface area contributed by atoms with Gasteiger partial charge in [-0.2, -0.15) is 9.78 Å². The first-order valence-corrected chi connectivity index (χ1v) is 4.00. The van der Waals surface area contributed by atoms with Gasteiger partial charge in [-0.3, -0.25) is 0 Å². The molecule has 84 valence electrons. The first-order chi connectivity index (χ1) is 6.79. The molecule has 1 aromatic heterocycles. The maximum Gasteiger partial charge on any atom is 0.504 e. The van der Waals surface area contributed by atoms with E-state index < -0.39 is 12.3 Å². The molecule has 0 saturated carbocycles. The largest absolute Gasteiger partial charge is 0.504 e. The number of hydrogen-bond acceptors (Lipinski definition) is 3. The number of nitrogens with zero attached hydrogens (tertiary/aromatic N) is 2. The molecule has 1 heterocycles. The number of hydrogen-bond donors (Lipinski definition) is 0. The van der Waals surface area contributed by atoms with Gasteiger partial charge in [0.15, 0.2) is 0 Å². The zero-order chi connectivity index (χ0) is 11.8. The van der Waals surface area contributed by atoms with E-state index in [1.807, 2.05) is 0 Å². The van der Waals surface area contributed by atoms with Gasteiger partial charge in [-0.25, -0.2) is 4.79 Å². The molecule has 0 aliphatic carbocycles. The Balaban J connectivity index is 3.33. The zero-order valence-corrected chi connectivity index (χ0v) is 8.34. The third-order valence-electron chi connectivity index (χ3n) is 1.92. The monoisotopic (exact) mass is 222 g/mol. The summed E-state index contributed by atoms with van der Waals surface area (Å²) in [6.07, 6.45) is -4.62. The maximum absolute atomic E-state index is 12.4. The summed E-state index contributed by atoms with van der Waals surface area (Å²) in [5.41, 5.74) is -0.418. The molecule has 0 aliphatic heterocycles. The molecule has 1 aromatic rings. The highest BCUT2D eigenvalue weighted by atomic mass is 19.4. The Morgan fingerprint density at radius 3 is 2.27 bits per heavy atom. The van der Waals surface area contributed by atoms with E-state index in [0.29, 0.717) is 0 Å². The number of carbonyl (C=O) groups excluding carboxylic acids is 1. The van der Waals surface area contributed by atoms with Gasteiger partial charge in [0.2, 0.25) is 0 Å². The van der Waals surface area contributed by atoms with Crippen LogP contribution in [0.2, 0.25) is 0 Å². The Kier molecular flexibility index (Phi) is 2.74. The van der Waals surface area contributed by atoms with Crippen LogP contribution in [0.3, 0.4) is 0 Å². The van der Waals surface area contributed by atoms with Crippen LogP contribution in [0.5, 0.6) is 0 Å². The van der Waals surface area contributed by atoms with Crippen molar-refractivity contribution in [3.8, 4) is 0 Å². The molecule has 0 fully saturated rings. The molecule has 0 radical (unpaired) electrons. The molecule has 0 amide bonds. The predicted octanol–water partition coefficient (Wildman–Crippen LogP) is 1.76. The minimum absolute atomic E-state index is 0.00308. The lowest BCUT2D eigenvalue weighted by Gasteiger charge is -2.07. The van der Waals surface area contributed by atoms with E-state index in [-0.39, 0.29) is 21.6 Å². The van der Waals surface area contributed by atoms with Gasteiger partial charge in [0.1, 0.15) is 5.56 Å². The lowest BCUT2D eigenvalue weighted by Crippen LogP contribution is -2.20. The summed E-state index contributed by atoms with van der Waals surface area (Å²) in [6, 6.07) is 0. The van der Waals surface area contributed by atoms with Crippen LogP contribution >= 0.6 is 0 Å². The smallest absolute Gasteiger partial charge is 0.465 e. The molecule has 0 unspecified atom stereocenters. The number of esters is 1. The Labute approximate surface area is 83.6 Å². The van der Waals surface area contributed by atoms with Crippen LogP contribution in [0, 0.1) is 13.8 Å². The molecule has 4 nitrogen and oxygen atoms in total. The van der Waals surface area contributed by atoms with Crippen molar-refractivity contribution < 1.29 is 22.7 Å². The second kappa shape index (κ2) is 3.56. The highest BCUT2D eigenvalue weighted by Crippen LogP contribution is 2.26. The number of methoxy groups -OCH3 is 1. The Morgan fingerprint density at radius 1 is 1.40 bits per heavy atom. The topological polar surface area (TPSA) is 44.1 Å². The summed E-state index contributed by atoms with van der Waals surface area (Å²) >= 11 is 0. The van der Waals surface area contributed by atoms with Crippen LogP contribution in [0.1, 0.15) is 21.7 Å². The van der Waals surface area contributed by atoms with Gasteiger partial charge in [-0.1, -0.05) is 0 Å². The first kappa shape index (κ1) is 11.5. The van der Waals surface area contributed by atoms with Crippen LogP contribution < -0.4 is 0 Å². The van der Waals surface area contributed by atoms with Crippen molar-refractivity contribution in [2.75, 3.05) is 7.11 Å². The van der Waals surface area contributed by atoms with Gasteiger partial charge in [-0.05, 0) is 13.8 Å². The minimum atomic E-state index is -4.62. The Morgan fingerprint density at radius 2 is 1.93 bits per heavy atom. The number of aryl methyl sites for hydroxylation is 1. The van der Waals surface area contributed by atoms with Crippen LogP contribution in [0.15, 0.2) is 0 Å². The lowest BCUT2D eigenvalue weighted by atomic mass is 10.2. The fourth-order valence-electron chi connectivity index (χ4n) is 1.29. The van der Waals surface area contributed by atoms with Gasteiger partial charge < -0.3 is 4.74 Å². The van der Waals surface area contributed by atoms with Crippen molar-refractivity contribution in [3.63, 3.8) is 0 Å². The fraction of sp³-hybridized carbons (Fsp3) is 0.500. The Bertz CT molecular complexity index is 395. The van der Waals surface area contributed by atoms with Gasteiger partial charge in [0, 0.05) is 0 Å². The number of aromatic nitrogens is 2. The average Bonchev–Trinajstić information content (AvgIpc) is 2.40. The van der Waals surface area contributed by atoms with Crippen molar-refractivity contribution in [2.45, 2.75) is 20.1 Å². The molecule has 0 aromatic carbocycles. The van der Waals surface area contributed by atoms with Gasteiger partial charge in [-0.15, -0.1) is 13.2 Å². The number of ether oxygens (including phenoxy) is 1. The van der Waals surface area contributed by atoms with Crippen molar-refractivity contribution in [3.05, 3.63) is 17.0 Å². The van der Waals surface area contributed by atoms with Gasteiger partial charge in [0.05, 0.1) is 18.5 Å². The second-order valence-corrected chi connectivity index (χ2v) is 2.92. The van der Waals surface area contributed by atoms with E-state index in [0.717, 1.165) is 7.11 Å². The second-order valence-electron chi connectivity index (χ2n) is 2.92. The number of halogens is 3. The molecule has 7 heteroatoms. The van der Waals surface area contributed by atoms with E-state index in [9.17, 15) is 18.0 Å².